The van der Waals surface area contributed by atoms with E-state index in [1.165, 1.54) is 27.8 Å². The highest BCUT2D eigenvalue weighted by molar-refractivity contribution is 6.11. The molecular weight excluding hydrogens is 489 g/mol. The molecule has 6 heterocycles. The number of carbonyl (C=O) groups is 1. The molecule has 6 aromatic heterocycles. The fourth-order valence-electron chi connectivity index (χ4n) is 4.36. The molecule has 1 amide bonds. The zero-order valence-corrected chi connectivity index (χ0v) is 19.5. The van der Waals surface area contributed by atoms with E-state index in [0.29, 0.717) is 44.8 Å². The maximum Gasteiger partial charge on any atom is 0.417 e. The number of nitrogen functional groups attached to an aromatic ring is 1. The molecule has 0 fully saturated rings. The lowest BCUT2D eigenvalue weighted by Gasteiger charge is -2.19. The van der Waals surface area contributed by atoms with Crippen molar-refractivity contribution in [2.24, 2.45) is 14.1 Å². The number of nitrogens with two attached hydrogens (primary N) is 1. The van der Waals surface area contributed by atoms with Crippen LogP contribution in [0.1, 0.15) is 21.7 Å². The van der Waals surface area contributed by atoms with Gasteiger partial charge in [-0.1, -0.05) is 0 Å². The Balaban J connectivity index is 1.41. The van der Waals surface area contributed by atoms with Crippen LogP contribution in [0.3, 0.4) is 0 Å². The molecule has 188 valence electrons. The molecule has 37 heavy (non-hydrogen) atoms. The van der Waals surface area contributed by atoms with Crippen LogP contribution in [0, 0.1) is 0 Å². The number of nitrogens with one attached hydrogen (secondary N) is 1. The maximum absolute atomic E-state index is 13.8. The number of fused-ring (bicyclic) bond motifs is 4. The van der Waals surface area contributed by atoms with Gasteiger partial charge in [-0.25, -0.2) is 9.97 Å². The third kappa shape index (κ3) is 3.73. The van der Waals surface area contributed by atoms with E-state index in [0.717, 1.165) is 12.3 Å². The smallest absolute Gasteiger partial charge is 0.383 e. The molecule has 0 saturated carbocycles. The van der Waals surface area contributed by atoms with Crippen LogP contribution in [-0.4, -0.2) is 44.8 Å². The van der Waals surface area contributed by atoms with Crippen LogP contribution >= 0.6 is 0 Å². The van der Waals surface area contributed by atoms with Gasteiger partial charge in [-0.05, 0) is 18.2 Å². The Morgan fingerprint density at radius 2 is 1.92 bits per heavy atom. The van der Waals surface area contributed by atoms with Crippen molar-refractivity contribution in [3.63, 3.8) is 0 Å². The van der Waals surface area contributed by atoms with Gasteiger partial charge in [0, 0.05) is 32.7 Å². The number of anilines is 2. The number of H-pyrrole nitrogens is 1. The third-order valence-electron chi connectivity index (χ3n) is 6.12. The summed E-state index contributed by atoms with van der Waals surface area (Å²) < 4.78 is 43.9. The van der Waals surface area contributed by atoms with E-state index in [2.05, 4.69) is 25.1 Å². The fraction of sp³-hybridized carbons (Fsp3) is 0.174. The van der Waals surface area contributed by atoms with Gasteiger partial charge in [0.25, 0.3) is 5.91 Å². The molecule has 11 nitrogen and oxygen atoms in total. The number of rotatable bonds is 4. The average molecular weight is 508 g/mol. The molecule has 3 N–H and O–H groups in total. The van der Waals surface area contributed by atoms with E-state index in [1.807, 2.05) is 0 Å². The molecule has 0 aliphatic rings. The van der Waals surface area contributed by atoms with Crippen LogP contribution < -0.4 is 10.6 Å². The van der Waals surface area contributed by atoms with Crippen molar-refractivity contribution in [1.82, 2.24) is 38.9 Å². The van der Waals surface area contributed by atoms with E-state index in [1.54, 1.807) is 41.9 Å². The Hall–Kier alpha value is -4.88. The van der Waals surface area contributed by atoms with Crippen molar-refractivity contribution < 1.29 is 18.0 Å². The number of aromatic nitrogens is 8. The fourth-order valence-corrected chi connectivity index (χ4v) is 4.36. The monoisotopic (exact) mass is 508 g/mol. The lowest BCUT2D eigenvalue weighted by Crippen LogP contribution is -2.30. The Bertz CT molecular complexity index is 1820. The van der Waals surface area contributed by atoms with Crippen LogP contribution in [0.15, 0.2) is 49.2 Å². The first-order chi connectivity index (χ1) is 17.6. The largest absolute Gasteiger partial charge is 0.417 e. The van der Waals surface area contributed by atoms with Crippen molar-refractivity contribution in [1.29, 1.82) is 0 Å². The number of hydrogen-bond acceptors (Lipinski definition) is 6. The van der Waals surface area contributed by atoms with Crippen molar-refractivity contribution >= 4 is 45.0 Å². The minimum absolute atomic E-state index is 0.0143. The lowest BCUT2D eigenvalue weighted by molar-refractivity contribution is -0.137. The zero-order valence-electron chi connectivity index (χ0n) is 19.5. The van der Waals surface area contributed by atoms with Gasteiger partial charge in [0.05, 0.1) is 57.8 Å². The number of nitrogens with zero attached hydrogens (tertiary/aromatic N) is 8. The van der Waals surface area contributed by atoms with Crippen LogP contribution in [0.4, 0.5) is 24.7 Å². The van der Waals surface area contributed by atoms with Crippen molar-refractivity contribution in [2.45, 2.75) is 12.7 Å². The zero-order chi connectivity index (χ0) is 26.1. The van der Waals surface area contributed by atoms with Gasteiger partial charge in [-0.2, -0.15) is 23.4 Å². The molecule has 0 saturated heterocycles. The molecule has 0 unspecified atom stereocenters. The number of pyridine rings is 2. The standard InChI is InChI=1S/C23H19F3N10O/c1-33-11-14(6-28-33)36(10-13-9-35-8-12(23(24,25)26)3-4-18(35)30-13)22(37)17-5-16-19(31-17)20-15(21(27)32-16)7-29-34(20)2/h3-9,11,31H,10H2,1-2H3,(H2,27,32). The summed E-state index contributed by atoms with van der Waals surface area (Å²) in [6.07, 6.45) is 2.74. The minimum Gasteiger partial charge on any atom is -0.383 e. The second-order valence-electron chi connectivity index (χ2n) is 8.65. The SMILES string of the molecule is Cn1cc(N(Cc2cn3cc(C(F)(F)F)ccc3n2)C(=O)c2cc3nc(N)c4cnn(C)c4c3[nH]2)cn1. The molecular formula is C23H19F3N10O. The maximum atomic E-state index is 13.8. The number of carbonyl (C=O) groups excluding carboxylic acids is 1. The summed E-state index contributed by atoms with van der Waals surface area (Å²) in [5, 5.41) is 9.05. The average Bonchev–Trinajstić information content (AvgIpc) is 3.61. The molecule has 0 aliphatic carbocycles. The molecule has 0 atom stereocenters. The third-order valence-corrected chi connectivity index (χ3v) is 6.12. The van der Waals surface area contributed by atoms with Crippen LogP contribution in [0.2, 0.25) is 0 Å². The quantitative estimate of drug-likeness (QED) is 0.376. The number of hydrogen-bond donors (Lipinski definition) is 2. The molecule has 6 aromatic rings. The highest BCUT2D eigenvalue weighted by atomic mass is 19.4. The highest BCUT2D eigenvalue weighted by Crippen LogP contribution is 2.30. The van der Waals surface area contributed by atoms with Crippen LogP contribution in [0.5, 0.6) is 0 Å². The van der Waals surface area contributed by atoms with E-state index in [9.17, 15) is 18.0 Å². The molecule has 0 bridgehead atoms. The van der Waals surface area contributed by atoms with Gasteiger partial charge in [0.2, 0.25) is 0 Å². The van der Waals surface area contributed by atoms with Gasteiger partial charge < -0.3 is 15.1 Å². The Labute approximate surface area is 205 Å². The highest BCUT2D eigenvalue weighted by Gasteiger charge is 2.31. The van der Waals surface area contributed by atoms with E-state index in [4.69, 9.17) is 5.73 Å². The first-order valence-corrected chi connectivity index (χ1v) is 11.0. The van der Waals surface area contributed by atoms with Gasteiger partial charge in [-0.15, -0.1) is 0 Å². The number of imidazole rings is 1. The normalized spacial score (nSPS) is 12.2. The van der Waals surface area contributed by atoms with Crippen LogP contribution in [0.25, 0.3) is 27.6 Å². The van der Waals surface area contributed by atoms with Crippen molar-refractivity contribution in [3.8, 4) is 0 Å². The predicted octanol–water partition coefficient (Wildman–Crippen LogP) is 3.28. The second kappa shape index (κ2) is 7.81. The summed E-state index contributed by atoms with van der Waals surface area (Å²) in [7, 11) is 3.48. The predicted molar refractivity (Wildman–Crippen MR) is 129 cm³/mol. The number of aromatic amines is 1. The number of aryl methyl sites for hydroxylation is 2. The Morgan fingerprint density at radius 1 is 1.11 bits per heavy atom. The Morgan fingerprint density at radius 3 is 2.65 bits per heavy atom. The van der Waals surface area contributed by atoms with E-state index in [-0.39, 0.29) is 12.2 Å². The van der Waals surface area contributed by atoms with Crippen LogP contribution in [-0.2, 0) is 26.8 Å². The van der Waals surface area contributed by atoms with Gasteiger partial charge in [0.1, 0.15) is 17.2 Å². The summed E-state index contributed by atoms with van der Waals surface area (Å²) in [5.74, 6) is -0.117. The Kier molecular flexibility index (Phi) is 4.77. The first-order valence-electron chi connectivity index (χ1n) is 11.0. The number of amides is 1. The molecule has 0 spiro atoms. The van der Waals surface area contributed by atoms with Crippen molar-refractivity contribution in [2.75, 3.05) is 10.6 Å². The first kappa shape index (κ1) is 22.6. The van der Waals surface area contributed by atoms with E-state index < -0.39 is 17.6 Å². The van der Waals surface area contributed by atoms with Gasteiger partial charge >= 0.3 is 6.18 Å². The van der Waals surface area contributed by atoms with Gasteiger partial charge in [0.15, 0.2) is 0 Å². The number of alkyl halides is 3. The minimum atomic E-state index is -4.48. The van der Waals surface area contributed by atoms with E-state index >= 15 is 0 Å². The summed E-state index contributed by atoms with van der Waals surface area (Å²) in [6.45, 7) is -0.0143. The topological polar surface area (TPSA) is 128 Å². The summed E-state index contributed by atoms with van der Waals surface area (Å²) in [4.78, 5) is 27.1. The summed E-state index contributed by atoms with van der Waals surface area (Å²) in [6, 6.07) is 3.86. The second-order valence-corrected chi connectivity index (χ2v) is 8.65. The summed E-state index contributed by atoms with van der Waals surface area (Å²) in [5.41, 5.74) is 8.53. The molecule has 0 aromatic carbocycles. The molecule has 14 heteroatoms. The molecule has 0 aliphatic heterocycles. The molecule has 0 radical (unpaired) electrons. The van der Waals surface area contributed by atoms with Crippen molar-refractivity contribution in [3.05, 3.63) is 66.1 Å². The number of halogens is 3. The lowest BCUT2D eigenvalue weighted by atomic mass is 10.2. The summed E-state index contributed by atoms with van der Waals surface area (Å²) >= 11 is 0. The molecule has 6 rings (SSSR count). The van der Waals surface area contributed by atoms with Gasteiger partial charge in [-0.3, -0.25) is 19.1 Å².